The number of nitrogens with zero attached hydrogens (tertiary/aromatic N) is 2. The van der Waals surface area contributed by atoms with Crippen LogP contribution in [0.25, 0.3) is 0 Å². The van der Waals surface area contributed by atoms with Gasteiger partial charge in [0.1, 0.15) is 0 Å². The molecule has 0 radical (unpaired) electrons. The Morgan fingerprint density at radius 3 is 3.05 bits per heavy atom. The van der Waals surface area contributed by atoms with Crippen LogP contribution in [0.4, 0.5) is 0 Å². The Labute approximate surface area is 118 Å². The van der Waals surface area contributed by atoms with Gasteiger partial charge in [-0.2, -0.15) is 5.10 Å². The molecule has 5 nitrogen and oxygen atoms in total. The zero-order valence-corrected chi connectivity index (χ0v) is 11.9. The monoisotopic (exact) mass is 272 g/mol. The van der Waals surface area contributed by atoms with Crippen LogP contribution in [0, 0.1) is 6.92 Å². The second-order valence-electron chi connectivity index (χ2n) is 4.95. The molecule has 1 atom stereocenters. The predicted octanol–water partition coefficient (Wildman–Crippen LogP) is 2.31. The Balaban J connectivity index is 1.78. The van der Waals surface area contributed by atoms with Gasteiger partial charge >= 0.3 is 0 Å². The Morgan fingerprint density at radius 1 is 1.50 bits per heavy atom. The van der Waals surface area contributed by atoms with Crippen molar-refractivity contribution in [2.45, 2.75) is 39.2 Å². The molecule has 0 fully saturated rings. The van der Waals surface area contributed by atoms with E-state index in [-0.39, 0.29) is 11.9 Å². The molecule has 2 N–H and O–H groups in total. The third kappa shape index (κ3) is 3.91. The molecule has 0 saturated carbocycles. The highest BCUT2D eigenvalue weighted by atomic mass is 16.1. The smallest absolute Gasteiger partial charge is 0.220 e. The zero-order chi connectivity index (χ0) is 14.4. The van der Waals surface area contributed by atoms with Gasteiger partial charge in [0.25, 0.3) is 0 Å². The van der Waals surface area contributed by atoms with Gasteiger partial charge in [-0.1, -0.05) is 6.07 Å². The molecular formula is C15H20N4O. The number of hydrogen-bond acceptors (Lipinski definition) is 3. The van der Waals surface area contributed by atoms with Crippen LogP contribution in [0.2, 0.25) is 0 Å². The van der Waals surface area contributed by atoms with Crippen LogP contribution in [0.5, 0.6) is 0 Å². The molecule has 20 heavy (non-hydrogen) atoms. The molecule has 0 aromatic carbocycles. The average Bonchev–Trinajstić information content (AvgIpc) is 2.92. The number of pyridine rings is 1. The number of aryl methyl sites for hydroxylation is 2. The van der Waals surface area contributed by atoms with Crippen molar-refractivity contribution in [2.75, 3.05) is 0 Å². The molecule has 0 saturated heterocycles. The fourth-order valence-electron chi connectivity index (χ4n) is 2.20. The van der Waals surface area contributed by atoms with Crippen molar-refractivity contribution in [3.63, 3.8) is 0 Å². The zero-order valence-electron chi connectivity index (χ0n) is 11.9. The summed E-state index contributed by atoms with van der Waals surface area (Å²) in [6.07, 6.45) is 7.60. The van der Waals surface area contributed by atoms with Crippen LogP contribution in [-0.2, 0) is 11.2 Å². The summed E-state index contributed by atoms with van der Waals surface area (Å²) < 4.78 is 0. The molecule has 0 aliphatic heterocycles. The highest BCUT2D eigenvalue weighted by molar-refractivity contribution is 5.76. The van der Waals surface area contributed by atoms with E-state index in [1.165, 1.54) is 0 Å². The van der Waals surface area contributed by atoms with Gasteiger partial charge < -0.3 is 5.32 Å². The first-order valence-electron chi connectivity index (χ1n) is 6.85. The largest absolute Gasteiger partial charge is 0.348 e. The van der Waals surface area contributed by atoms with E-state index in [4.69, 9.17) is 0 Å². The summed E-state index contributed by atoms with van der Waals surface area (Å²) >= 11 is 0. The normalized spacial score (nSPS) is 12.1. The van der Waals surface area contributed by atoms with Crippen LogP contribution < -0.4 is 5.32 Å². The number of carbonyl (C=O) groups excluding carboxylic acids is 1. The number of rotatable bonds is 6. The summed E-state index contributed by atoms with van der Waals surface area (Å²) in [5.74, 6) is 0.0612. The van der Waals surface area contributed by atoms with Crippen molar-refractivity contribution in [3.05, 3.63) is 47.5 Å². The van der Waals surface area contributed by atoms with Crippen LogP contribution in [-0.4, -0.2) is 21.1 Å². The Morgan fingerprint density at radius 2 is 2.35 bits per heavy atom. The topological polar surface area (TPSA) is 70.7 Å². The number of aromatic nitrogens is 3. The Bertz CT molecular complexity index is 551. The SMILES string of the molecule is Cc1cccnc1[C@H](C)NC(=O)CCCc1cn[nH]c1. The first kappa shape index (κ1) is 14.2. The second-order valence-corrected chi connectivity index (χ2v) is 4.95. The summed E-state index contributed by atoms with van der Waals surface area (Å²) in [7, 11) is 0. The van der Waals surface area contributed by atoms with Crippen molar-refractivity contribution in [1.29, 1.82) is 0 Å². The van der Waals surface area contributed by atoms with E-state index >= 15 is 0 Å². The van der Waals surface area contributed by atoms with Crippen molar-refractivity contribution in [3.8, 4) is 0 Å². The lowest BCUT2D eigenvalue weighted by atomic mass is 10.1. The van der Waals surface area contributed by atoms with E-state index in [1.54, 1.807) is 12.4 Å². The van der Waals surface area contributed by atoms with Gasteiger partial charge in [-0.05, 0) is 43.9 Å². The molecule has 2 aromatic rings. The molecular weight excluding hydrogens is 252 g/mol. The Hall–Kier alpha value is -2.17. The van der Waals surface area contributed by atoms with Crippen molar-refractivity contribution < 1.29 is 4.79 Å². The van der Waals surface area contributed by atoms with Crippen molar-refractivity contribution in [1.82, 2.24) is 20.5 Å². The van der Waals surface area contributed by atoms with Gasteiger partial charge in [-0.15, -0.1) is 0 Å². The van der Waals surface area contributed by atoms with E-state index in [0.717, 1.165) is 29.7 Å². The van der Waals surface area contributed by atoms with Crippen LogP contribution >= 0.6 is 0 Å². The number of carbonyl (C=O) groups is 1. The van der Waals surface area contributed by atoms with Gasteiger partial charge in [0.05, 0.1) is 17.9 Å². The average molecular weight is 272 g/mol. The molecule has 0 bridgehead atoms. The van der Waals surface area contributed by atoms with Gasteiger partial charge in [0.2, 0.25) is 5.91 Å². The van der Waals surface area contributed by atoms with E-state index in [9.17, 15) is 4.79 Å². The molecule has 5 heteroatoms. The number of hydrogen-bond donors (Lipinski definition) is 2. The first-order chi connectivity index (χ1) is 9.66. The van der Waals surface area contributed by atoms with Gasteiger partial charge in [-0.3, -0.25) is 14.9 Å². The fourth-order valence-corrected chi connectivity index (χ4v) is 2.20. The molecule has 0 aliphatic carbocycles. The standard InChI is InChI=1S/C15H20N4O/c1-11-5-4-8-16-15(11)12(2)19-14(20)7-3-6-13-9-17-18-10-13/h4-5,8-10,12H,3,6-7H2,1-2H3,(H,17,18)(H,19,20)/t12-/m0/s1. The molecule has 2 heterocycles. The van der Waals surface area contributed by atoms with Crippen molar-refractivity contribution in [2.24, 2.45) is 0 Å². The summed E-state index contributed by atoms with van der Waals surface area (Å²) in [6, 6.07) is 3.85. The lowest BCUT2D eigenvalue weighted by Crippen LogP contribution is -2.27. The minimum atomic E-state index is -0.0578. The van der Waals surface area contributed by atoms with Crippen molar-refractivity contribution >= 4 is 5.91 Å². The van der Waals surface area contributed by atoms with Gasteiger partial charge in [0, 0.05) is 18.8 Å². The van der Waals surface area contributed by atoms with E-state index in [0.29, 0.717) is 6.42 Å². The maximum Gasteiger partial charge on any atom is 0.220 e. The Kier molecular flexibility index (Phi) is 4.87. The number of aromatic amines is 1. The number of H-pyrrole nitrogens is 1. The van der Waals surface area contributed by atoms with Crippen LogP contribution in [0.1, 0.15) is 42.6 Å². The maximum atomic E-state index is 11.9. The van der Waals surface area contributed by atoms with E-state index in [2.05, 4.69) is 20.5 Å². The first-order valence-corrected chi connectivity index (χ1v) is 6.85. The number of nitrogens with one attached hydrogen (secondary N) is 2. The van der Waals surface area contributed by atoms with Crippen LogP contribution in [0.15, 0.2) is 30.7 Å². The molecule has 2 aromatic heterocycles. The lowest BCUT2D eigenvalue weighted by molar-refractivity contribution is -0.121. The second kappa shape index (κ2) is 6.84. The van der Waals surface area contributed by atoms with Crippen LogP contribution in [0.3, 0.4) is 0 Å². The third-order valence-corrected chi connectivity index (χ3v) is 3.26. The quantitative estimate of drug-likeness (QED) is 0.847. The summed E-state index contributed by atoms with van der Waals surface area (Å²) in [5.41, 5.74) is 3.15. The minimum Gasteiger partial charge on any atom is -0.348 e. The van der Waals surface area contributed by atoms with Gasteiger partial charge in [0.15, 0.2) is 0 Å². The molecule has 2 rings (SSSR count). The molecule has 0 unspecified atom stereocenters. The fraction of sp³-hybridized carbons (Fsp3) is 0.400. The summed E-state index contributed by atoms with van der Waals surface area (Å²) in [4.78, 5) is 16.2. The van der Waals surface area contributed by atoms with Gasteiger partial charge in [-0.25, -0.2) is 0 Å². The third-order valence-electron chi connectivity index (χ3n) is 3.26. The lowest BCUT2D eigenvalue weighted by Gasteiger charge is -2.15. The highest BCUT2D eigenvalue weighted by Gasteiger charge is 2.12. The highest BCUT2D eigenvalue weighted by Crippen LogP contribution is 2.14. The summed E-state index contributed by atoms with van der Waals surface area (Å²) in [5, 5.41) is 9.65. The predicted molar refractivity (Wildman–Crippen MR) is 77.1 cm³/mol. The molecule has 1 amide bonds. The molecule has 0 spiro atoms. The molecule has 106 valence electrons. The van der Waals surface area contributed by atoms with E-state index < -0.39 is 0 Å². The number of amides is 1. The minimum absolute atomic E-state index is 0.0578. The molecule has 0 aliphatic rings. The van der Waals surface area contributed by atoms with E-state index in [1.807, 2.05) is 32.2 Å². The summed E-state index contributed by atoms with van der Waals surface area (Å²) in [6.45, 7) is 3.97. The maximum absolute atomic E-state index is 11.9.